The topological polar surface area (TPSA) is 118 Å². The summed E-state index contributed by atoms with van der Waals surface area (Å²) >= 11 is 5.89. The van der Waals surface area contributed by atoms with Gasteiger partial charge in [-0.25, -0.2) is 26.3 Å². The summed E-state index contributed by atoms with van der Waals surface area (Å²) < 4.78 is 50.5. The van der Waals surface area contributed by atoms with Gasteiger partial charge in [-0.15, -0.1) is 0 Å². The molecule has 0 atom stereocenters. The number of nitrogens with two attached hydrogens (primary N) is 1. The van der Waals surface area contributed by atoms with Gasteiger partial charge in [-0.1, -0.05) is 17.7 Å². The van der Waals surface area contributed by atoms with Crippen LogP contribution in [0.1, 0.15) is 5.56 Å². The van der Waals surface area contributed by atoms with Crippen LogP contribution in [-0.4, -0.2) is 36.2 Å². The fourth-order valence-electron chi connectivity index (χ4n) is 1.36. The lowest BCUT2D eigenvalue weighted by Gasteiger charge is -2.08. The Bertz CT molecular complexity index is 674. The maximum Gasteiger partial charge on any atom is 0.240 e. The molecule has 0 amide bonds. The van der Waals surface area contributed by atoms with E-state index >= 15 is 0 Å². The number of hydrogen-bond donors (Lipinski definition) is 3. The second kappa shape index (κ2) is 6.83. The smallest absolute Gasteiger partial charge is 0.240 e. The molecule has 0 heterocycles. The molecule has 0 unspecified atom stereocenters. The van der Waals surface area contributed by atoms with E-state index in [4.69, 9.17) is 17.3 Å². The van der Waals surface area contributed by atoms with Crippen molar-refractivity contribution in [2.45, 2.75) is 11.4 Å². The summed E-state index contributed by atoms with van der Waals surface area (Å²) in [6.45, 7) is -0.0330. The molecule has 0 aromatic heterocycles. The summed E-state index contributed by atoms with van der Waals surface area (Å²) in [5, 5.41) is 0.248. The van der Waals surface area contributed by atoms with Crippen LogP contribution in [0.25, 0.3) is 0 Å². The summed E-state index contributed by atoms with van der Waals surface area (Å²) in [4.78, 5) is -0.0402. The van der Waals surface area contributed by atoms with Crippen molar-refractivity contribution >= 4 is 31.6 Å². The second-order valence-corrected chi connectivity index (χ2v) is 8.10. The maximum atomic E-state index is 11.9. The fraction of sp³-hybridized carbons (Fsp3) is 0.400. The number of hydrogen-bond acceptors (Lipinski definition) is 5. The third-order valence-corrected chi connectivity index (χ3v) is 5.70. The van der Waals surface area contributed by atoms with Crippen molar-refractivity contribution in [2.75, 3.05) is 19.3 Å². The van der Waals surface area contributed by atoms with Crippen molar-refractivity contribution < 1.29 is 16.8 Å². The highest BCUT2D eigenvalue weighted by atomic mass is 35.5. The molecular formula is C10H16ClN3O4S2. The number of halogens is 1. The molecule has 0 spiro atoms. The molecule has 0 radical (unpaired) electrons. The van der Waals surface area contributed by atoms with Gasteiger partial charge in [-0.05, 0) is 24.7 Å². The van der Waals surface area contributed by atoms with Crippen LogP contribution in [0.5, 0.6) is 0 Å². The Morgan fingerprint density at radius 2 is 1.90 bits per heavy atom. The molecule has 10 heteroatoms. The van der Waals surface area contributed by atoms with Crippen molar-refractivity contribution in [1.82, 2.24) is 9.44 Å². The van der Waals surface area contributed by atoms with E-state index in [2.05, 4.69) is 9.44 Å². The Balaban J connectivity index is 2.82. The predicted octanol–water partition coefficient (Wildman–Crippen LogP) is -0.374. The van der Waals surface area contributed by atoms with Gasteiger partial charge in [0.1, 0.15) is 0 Å². The molecule has 7 nitrogen and oxygen atoms in total. The van der Waals surface area contributed by atoms with Gasteiger partial charge in [0, 0.05) is 18.1 Å². The first-order chi connectivity index (χ1) is 9.22. The van der Waals surface area contributed by atoms with E-state index in [1.165, 1.54) is 25.2 Å². The third kappa shape index (κ3) is 4.69. The zero-order valence-corrected chi connectivity index (χ0v) is 13.1. The normalized spacial score (nSPS) is 12.6. The van der Waals surface area contributed by atoms with Crippen LogP contribution in [0.2, 0.25) is 5.02 Å². The Kier molecular flexibility index (Phi) is 5.92. The first-order valence-electron chi connectivity index (χ1n) is 5.61. The van der Waals surface area contributed by atoms with E-state index in [9.17, 15) is 16.8 Å². The molecule has 1 aromatic rings. The molecule has 0 aliphatic carbocycles. The van der Waals surface area contributed by atoms with Crippen molar-refractivity contribution in [3.63, 3.8) is 0 Å². The molecule has 0 aliphatic rings. The van der Waals surface area contributed by atoms with Gasteiger partial charge >= 0.3 is 0 Å². The Labute approximate surface area is 123 Å². The van der Waals surface area contributed by atoms with Gasteiger partial charge in [0.15, 0.2) is 0 Å². The Morgan fingerprint density at radius 3 is 2.40 bits per heavy atom. The molecular weight excluding hydrogens is 326 g/mol. The molecule has 1 aromatic carbocycles. The molecule has 0 saturated carbocycles. The number of nitrogens with one attached hydrogen (secondary N) is 2. The highest BCUT2D eigenvalue weighted by molar-refractivity contribution is 7.90. The van der Waals surface area contributed by atoms with E-state index < -0.39 is 20.0 Å². The van der Waals surface area contributed by atoms with Gasteiger partial charge < -0.3 is 5.73 Å². The highest BCUT2D eigenvalue weighted by Crippen LogP contribution is 2.20. The average Bonchev–Trinajstić information content (AvgIpc) is 2.38. The largest absolute Gasteiger partial charge is 0.326 e. The maximum absolute atomic E-state index is 11.9. The van der Waals surface area contributed by atoms with Gasteiger partial charge in [0.25, 0.3) is 0 Å². The summed E-state index contributed by atoms with van der Waals surface area (Å²) in [5.74, 6) is -0.350. The molecule has 0 saturated heterocycles. The van der Waals surface area contributed by atoms with Gasteiger partial charge in [0.2, 0.25) is 20.0 Å². The van der Waals surface area contributed by atoms with Crippen LogP contribution in [0.4, 0.5) is 0 Å². The minimum Gasteiger partial charge on any atom is -0.326 e. The summed E-state index contributed by atoms with van der Waals surface area (Å²) in [6.07, 6.45) is 0. The van der Waals surface area contributed by atoms with E-state index in [-0.39, 0.29) is 28.8 Å². The molecule has 114 valence electrons. The molecule has 4 N–H and O–H groups in total. The molecule has 0 aliphatic heterocycles. The van der Waals surface area contributed by atoms with Crippen molar-refractivity contribution in [2.24, 2.45) is 5.73 Å². The fourth-order valence-corrected chi connectivity index (χ4v) is 3.44. The number of rotatable bonds is 7. The summed E-state index contributed by atoms with van der Waals surface area (Å²) in [5.41, 5.74) is 6.06. The van der Waals surface area contributed by atoms with Crippen molar-refractivity contribution in [3.05, 3.63) is 28.8 Å². The van der Waals surface area contributed by atoms with E-state index in [1.807, 2.05) is 0 Å². The lowest BCUT2D eigenvalue weighted by molar-refractivity contribution is 0.578. The van der Waals surface area contributed by atoms with Crippen molar-refractivity contribution in [3.8, 4) is 0 Å². The Morgan fingerprint density at radius 1 is 1.25 bits per heavy atom. The van der Waals surface area contributed by atoms with Gasteiger partial charge in [-0.3, -0.25) is 0 Å². The first kappa shape index (κ1) is 17.3. The monoisotopic (exact) mass is 341 g/mol. The van der Waals surface area contributed by atoms with Crippen LogP contribution in [0.3, 0.4) is 0 Å². The minimum absolute atomic E-state index is 0.0402. The zero-order valence-electron chi connectivity index (χ0n) is 10.8. The highest BCUT2D eigenvalue weighted by Gasteiger charge is 2.16. The molecule has 0 fully saturated rings. The zero-order chi connectivity index (χ0) is 15.4. The SMILES string of the molecule is CNS(=O)(=O)CCNS(=O)(=O)c1ccc(CN)c(Cl)c1. The van der Waals surface area contributed by atoms with Crippen LogP contribution >= 0.6 is 11.6 Å². The quantitative estimate of drug-likeness (QED) is 0.625. The standard InChI is InChI=1S/C10H16ClN3O4S2/c1-13-19(15,16)5-4-14-20(17,18)9-3-2-8(7-12)10(11)6-9/h2-3,6,13-14H,4-5,7,12H2,1H3. The van der Waals surface area contributed by atoms with Crippen LogP contribution in [-0.2, 0) is 26.6 Å². The lowest BCUT2D eigenvalue weighted by Crippen LogP contribution is -2.33. The molecule has 0 bridgehead atoms. The molecule has 1 rings (SSSR count). The van der Waals surface area contributed by atoms with E-state index in [0.29, 0.717) is 5.56 Å². The Hall–Kier alpha value is -0.710. The lowest BCUT2D eigenvalue weighted by atomic mass is 10.2. The third-order valence-electron chi connectivity index (χ3n) is 2.53. The van der Waals surface area contributed by atoms with Crippen LogP contribution < -0.4 is 15.2 Å². The second-order valence-electron chi connectivity index (χ2n) is 3.88. The predicted molar refractivity (Wildman–Crippen MR) is 77.4 cm³/mol. The first-order valence-corrected chi connectivity index (χ1v) is 9.12. The number of sulfonamides is 2. The van der Waals surface area contributed by atoms with Crippen LogP contribution in [0, 0.1) is 0 Å². The summed E-state index contributed by atoms with van der Waals surface area (Å²) in [7, 11) is -6.01. The number of benzene rings is 1. The molecule has 20 heavy (non-hydrogen) atoms. The van der Waals surface area contributed by atoms with E-state index in [0.717, 1.165) is 0 Å². The average molecular weight is 342 g/mol. The van der Waals surface area contributed by atoms with Crippen LogP contribution in [0.15, 0.2) is 23.1 Å². The summed E-state index contributed by atoms with van der Waals surface area (Å²) in [6, 6.07) is 4.16. The van der Waals surface area contributed by atoms with Gasteiger partial charge in [-0.2, -0.15) is 0 Å². The van der Waals surface area contributed by atoms with Crippen molar-refractivity contribution in [1.29, 1.82) is 0 Å². The van der Waals surface area contributed by atoms with E-state index in [1.54, 1.807) is 0 Å². The minimum atomic E-state index is -3.81. The van der Waals surface area contributed by atoms with Gasteiger partial charge in [0.05, 0.1) is 10.6 Å².